The zero-order valence-corrected chi connectivity index (χ0v) is 13.2. The first-order valence-electron chi connectivity index (χ1n) is 7.61. The van der Waals surface area contributed by atoms with Crippen LogP contribution in [0.15, 0.2) is 35.7 Å². The quantitative estimate of drug-likeness (QED) is 0.919. The minimum atomic E-state index is -3.44. The Morgan fingerprint density at radius 1 is 1.05 bits per heavy atom. The van der Waals surface area contributed by atoms with Crippen molar-refractivity contribution in [2.45, 2.75) is 37.5 Å². The average Bonchev–Trinajstić information content (AvgIpc) is 2.54. The highest BCUT2D eigenvalue weighted by Crippen LogP contribution is 2.27. The minimum Gasteiger partial charge on any atom is -0.373 e. The van der Waals surface area contributed by atoms with Gasteiger partial charge in [-0.2, -0.15) is 0 Å². The lowest BCUT2D eigenvalue weighted by Crippen LogP contribution is -2.48. The summed E-state index contributed by atoms with van der Waals surface area (Å²) < 4.78 is 38.4. The second-order valence-electron chi connectivity index (χ2n) is 5.70. The zero-order chi connectivity index (χ0) is 15.4. The number of fused-ring (bicyclic) bond motifs is 1. The first kappa shape index (κ1) is 15.7. The molecule has 2 fully saturated rings. The molecule has 0 unspecified atom stereocenters. The average molecular weight is 323 g/mol. The van der Waals surface area contributed by atoms with Crippen LogP contribution in [0, 0.1) is 0 Å². The van der Waals surface area contributed by atoms with Crippen LogP contribution in [0.25, 0.3) is 6.08 Å². The molecule has 120 valence electrons. The van der Waals surface area contributed by atoms with Crippen LogP contribution >= 0.6 is 0 Å². The first-order valence-corrected chi connectivity index (χ1v) is 9.16. The summed E-state index contributed by atoms with van der Waals surface area (Å²) in [5, 5.41) is 1.23. The highest BCUT2D eigenvalue weighted by Gasteiger charge is 2.35. The van der Waals surface area contributed by atoms with E-state index in [1.807, 2.05) is 30.3 Å². The third-order valence-electron chi connectivity index (χ3n) is 4.05. The molecule has 3 atom stereocenters. The summed E-state index contributed by atoms with van der Waals surface area (Å²) in [6.45, 7) is 1.23. The van der Waals surface area contributed by atoms with Gasteiger partial charge < -0.3 is 9.47 Å². The molecule has 1 saturated heterocycles. The van der Waals surface area contributed by atoms with Crippen molar-refractivity contribution in [1.29, 1.82) is 0 Å². The summed E-state index contributed by atoms with van der Waals surface area (Å²) in [4.78, 5) is 0. The summed E-state index contributed by atoms with van der Waals surface area (Å²) in [7, 11) is -3.44. The van der Waals surface area contributed by atoms with E-state index in [0.29, 0.717) is 19.6 Å². The van der Waals surface area contributed by atoms with Crippen LogP contribution in [0.4, 0.5) is 0 Å². The van der Waals surface area contributed by atoms with Crippen LogP contribution in [0.5, 0.6) is 0 Å². The molecule has 0 radical (unpaired) electrons. The summed E-state index contributed by atoms with van der Waals surface area (Å²) in [6, 6.07) is 9.29. The maximum atomic E-state index is 12.2. The molecule has 6 heteroatoms. The van der Waals surface area contributed by atoms with Crippen molar-refractivity contribution in [3.63, 3.8) is 0 Å². The monoisotopic (exact) mass is 323 g/mol. The van der Waals surface area contributed by atoms with E-state index in [9.17, 15) is 8.42 Å². The Morgan fingerprint density at radius 2 is 1.77 bits per heavy atom. The van der Waals surface area contributed by atoms with E-state index in [0.717, 1.165) is 18.4 Å². The van der Waals surface area contributed by atoms with Crippen molar-refractivity contribution in [2.24, 2.45) is 0 Å². The fourth-order valence-electron chi connectivity index (χ4n) is 2.98. The molecular formula is C16H21NO4S. The van der Waals surface area contributed by atoms with Gasteiger partial charge in [-0.15, -0.1) is 0 Å². The van der Waals surface area contributed by atoms with E-state index < -0.39 is 10.0 Å². The number of hydrogen-bond acceptors (Lipinski definition) is 4. The molecule has 3 rings (SSSR count). The predicted octanol–water partition coefficient (Wildman–Crippen LogP) is 1.91. The zero-order valence-electron chi connectivity index (χ0n) is 12.4. The van der Waals surface area contributed by atoms with Crippen LogP contribution in [-0.4, -0.2) is 39.9 Å². The number of nitrogens with one attached hydrogen (secondary N) is 1. The molecule has 5 nitrogen and oxygen atoms in total. The lowest BCUT2D eigenvalue weighted by molar-refractivity contribution is -0.156. The fourth-order valence-corrected chi connectivity index (χ4v) is 4.07. The predicted molar refractivity (Wildman–Crippen MR) is 84.7 cm³/mol. The lowest BCUT2D eigenvalue weighted by atomic mass is 9.90. The molecule has 0 aromatic heterocycles. The summed E-state index contributed by atoms with van der Waals surface area (Å²) in [5.74, 6) is 0. The standard InChI is InChI=1S/C16H21NO4S/c18-22(19,11-8-13-4-2-1-3-5-13)17-14-6-7-15-16(12-14)21-10-9-20-15/h1-5,8,11,14-17H,6-7,9-10,12H2/b11-8+/t14-,15-,16-/m1/s1. The van der Waals surface area contributed by atoms with Gasteiger partial charge in [0.05, 0.1) is 25.4 Å². The van der Waals surface area contributed by atoms with Gasteiger partial charge in [-0.1, -0.05) is 30.3 Å². The van der Waals surface area contributed by atoms with Crippen LogP contribution in [0.3, 0.4) is 0 Å². The second kappa shape index (κ2) is 6.91. The van der Waals surface area contributed by atoms with Gasteiger partial charge in [-0.3, -0.25) is 0 Å². The molecular weight excluding hydrogens is 302 g/mol. The van der Waals surface area contributed by atoms with Crippen molar-refractivity contribution in [2.75, 3.05) is 13.2 Å². The van der Waals surface area contributed by atoms with Gasteiger partial charge in [0.1, 0.15) is 0 Å². The highest BCUT2D eigenvalue weighted by atomic mass is 32.2. The molecule has 1 saturated carbocycles. The van der Waals surface area contributed by atoms with Gasteiger partial charge in [-0.05, 0) is 30.9 Å². The molecule has 1 aliphatic heterocycles. The van der Waals surface area contributed by atoms with Crippen LogP contribution < -0.4 is 4.72 Å². The number of benzene rings is 1. The van der Waals surface area contributed by atoms with Crippen molar-refractivity contribution in [3.05, 3.63) is 41.3 Å². The largest absolute Gasteiger partial charge is 0.373 e. The maximum Gasteiger partial charge on any atom is 0.233 e. The SMILES string of the molecule is O=S(=O)(/C=C/c1ccccc1)N[C@@H]1CC[C@H]2OCCO[C@@H]2C1. The third kappa shape index (κ3) is 4.16. The maximum absolute atomic E-state index is 12.2. The van der Waals surface area contributed by atoms with E-state index in [4.69, 9.17) is 9.47 Å². The lowest BCUT2D eigenvalue weighted by Gasteiger charge is -2.38. The van der Waals surface area contributed by atoms with E-state index in [1.165, 1.54) is 5.41 Å². The molecule has 1 aromatic carbocycles. The summed E-state index contributed by atoms with van der Waals surface area (Å²) >= 11 is 0. The Bertz CT molecular complexity index is 614. The Balaban J connectivity index is 1.58. The topological polar surface area (TPSA) is 64.6 Å². The second-order valence-corrected chi connectivity index (χ2v) is 7.30. The highest BCUT2D eigenvalue weighted by molar-refractivity contribution is 7.92. The molecule has 2 aliphatic rings. The molecule has 1 heterocycles. The fraction of sp³-hybridized carbons (Fsp3) is 0.500. The van der Waals surface area contributed by atoms with Gasteiger partial charge in [0.2, 0.25) is 10.0 Å². The number of ether oxygens (including phenoxy) is 2. The van der Waals surface area contributed by atoms with Crippen molar-refractivity contribution in [1.82, 2.24) is 4.72 Å². The third-order valence-corrected chi connectivity index (χ3v) is 5.20. The van der Waals surface area contributed by atoms with Gasteiger partial charge in [-0.25, -0.2) is 13.1 Å². The normalized spacial score (nSPS) is 29.4. The smallest absolute Gasteiger partial charge is 0.233 e. The minimum absolute atomic E-state index is 0.00769. The summed E-state index contributed by atoms with van der Waals surface area (Å²) in [6.07, 6.45) is 4.02. The molecule has 0 spiro atoms. The molecule has 0 bridgehead atoms. The van der Waals surface area contributed by atoms with Gasteiger partial charge >= 0.3 is 0 Å². The molecule has 0 amide bonds. The van der Waals surface area contributed by atoms with Crippen LogP contribution in [0.1, 0.15) is 24.8 Å². The van der Waals surface area contributed by atoms with Crippen molar-refractivity contribution >= 4 is 16.1 Å². The van der Waals surface area contributed by atoms with E-state index in [-0.39, 0.29) is 18.2 Å². The number of sulfonamides is 1. The Hall–Kier alpha value is -1.21. The summed E-state index contributed by atoms with van der Waals surface area (Å²) in [5.41, 5.74) is 0.862. The molecule has 1 aromatic rings. The van der Waals surface area contributed by atoms with Gasteiger partial charge in [0, 0.05) is 11.4 Å². The van der Waals surface area contributed by atoms with E-state index in [1.54, 1.807) is 6.08 Å². The van der Waals surface area contributed by atoms with Gasteiger partial charge in [0.25, 0.3) is 0 Å². The van der Waals surface area contributed by atoms with Gasteiger partial charge in [0.15, 0.2) is 0 Å². The van der Waals surface area contributed by atoms with Crippen molar-refractivity contribution < 1.29 is 17.9 Å². The van der Waals surface area contributed by atoms with E-state index in [2.05, 4.69) is 4.72 Å². The van der Waals surface area contributed by atoms with Crippen LogP contribution in [0.2, 0.25) is 0 Å². The van der Waals surface area contributed by atoms with Crippen LogP contribution in [-0.2, 0) is 19.5 Å². The Kier molecular flexibility index (Phi) is 4.93. The first-order chi connectivity index (χ1) is 10.6. The molecule has 1 N–H and O–H groups in total. The Morgan fingerprint density at radius 3 is 2.55 bits per heavy atom. The molecule has 1 aliphatic carbocycles. The van der Waals surface area contributed by atoms with E-state index >= 15 is 0 Å². The number of rotatable bonds is 4. The number of hydrogen-bond donors (Lipinski definition) is 1. The Labute approximate surface area is 131 Å². The van der Waals surface area contributed by atoms with Crippen molar-refractivity contribution in [3.8, 4) is 0 Å². The molecule has 22 heavy (non-hydrogen) atoms.